The Kier molecular flexibility index (Phi) is 2.75. The number of hydrogen-bond acceptors (Lipinski definition) is 2. The van der Waals surface area contributed by atoms with E-state index in [4.69, 9.17) is 0 Å². The van der Waals surface area contributed by atoms with E-state index in [-0.39, 0.29) is 0 Å². The predicted octanol–water partition coefficient (Wildman–Crippen LogP) is 2.39. The average molecular weight is 222 g/mol. The summed E-state index contributed by atoms with van der Waals surface area (Å²) in [7, 11) is 0. The van der Waals surface area contributed by atoms with E-state index in [1.807, 2.05) is 0 Å². The molecule has 1 N–H and O–H groups in total. The largest absolute Gasteiger partial charge is 0.308 e. The fraction of sp³-hybridized carbons (Fsp3) is 1.00. The molecule has 1 saturated heterocycles. The highest BCUT2D eigenvalue weighted by Crippen LogP contribution is 2.38. The van der Waals surface area contributed by atoms with Crippen molar-refractivity contribution in [3.8, 4) is 0 Å². The normalized spacial score (nSPS) is 43.5. The van der Waals surface area contributed by atoms with E-state index in [2.05, 4.69) is 24.1 Å². The number of piperazine rings is 1. The Bertz CT molecular complexity index is 251. The molecule has 2 saturated carbocycles. The first-order valence-corrected chi connectivity index (χ1v) is 7.19. The molecule has 0 radical (unpaired) electrons. The van der Waals surface area contributed by atoms with Gasteiger partial charge in [0.25, 0.3) is 0 Å². The third-order valence-electron chi connectivity index (χ3n) is 5.20. The van der Waals surface area contributed by atoms with E-state index < -0.39 is 0 Å². The van der Waals surface area contributed by atoms with Crippen LogP contribution in [0.3, 0.4) is 0 Å². The molecule has 0 aromatic heterocycles. The van der Waals surface area contributed by atoms with Gasteiger partial charge in [0.05, 0.1) is 0 Å². The van der Waals surface area contributed by atoms with E-state index in [1.165, 1.54) is 51.6 Å². The molecule has 1 unspecified atom stereocenters. The average Bonchev–Trinajstić information content (AvgIpc) is 2.67. The second-order valence-electron chi connectivity index (χ2n) is 6.62. The van der Waals surface area contributed by atoms with Gasteiger partial charge in [-0.05, 0) is 38.5 Å². The standard InChI is InChI=1S/C14H26N2/c1-11-7-13(8-11)16-10-14(5-3-4-6-14)15-9-12(16)2/h11-13,15H,3-10H2,1-2H3. The van der Waals surface area contributed by atoms with Crippen LogP contribution in [0.4, 0.5) is 0 Å². The van der Waals surface area contributed by atoms with Crippen LogP contribution in [-0.2, 0) is 0 Å². The first-order valence-electron chi connectivity index (χ1n) is 7.19. The maximum Gasteiger partial charge on any atom is 0.0309 e. The molecule has 1 heterocycles. The van der Waals surface area contributed by atoms with Gasteiger partial charge >= 0.3 is 0 Å². The molecule has 3 fully saturated rings. The molecule has 1 aliphatic heterocycles. The van der Waals surface area contributed by atoms with Crippen LogP contribution in [-0.4, -0.2) is 35.6 Å². The number of rotatable bonds is 1. The molecule has 16 heavy (non-hydrogen) atoms. The van der Waals surface area contributed by atoms with E-state index in [1.54, 1.807) is 0 Å². The fourth-order valence-corrected chi connectivity index (χ4v) is 4.05. The number of nitrogens with one attached hydrogen (secondary N) is 1. The van der Waals surface area contributed by atoms with Crippen molar-refractivity contribution in [2.24, 2.45) is 5.92 Å². The number of nitrogens with zero attached hydrogens (tertiary/aromatic N) is 1. The second kappa shape index (κ2) is 3.99. The van der Waals surface area contributed by atoms with E-state index in [9.17, 15) is 0 Å². The summed E-state index contributed by atoms with van der Waals surface area (Å²) in [5, 5.41) is 3.85. The second-order valence-corrected chi connectivity index (χ2v) is 6.62. The van der Waals surface area contributed by atoms with Gasteiger partial charge in [0.15, 0.2) is 0 Å². The van der Waals surface area contributed by atoms with Gasteiger partial charge in [-0.15, -0.1) is 0 Å². The molecule has 3 aliphatic rings. The van der Waals surface area contributed by atoms with Crippen molar-refractivity contribution in [3.05, 3.63) is 0 Å². The van der Waals surface area contributed by atoms with Crippen molar-refractivity contribution >= 4 is 0 Å². The van der Waals surface area contributed by atoms with Crippen molar-refractivity contribution in [2.45, 2.75) is 70.0 Å². The van der Waals surface area contributed by atoms with Crippen molar-refractivity contribution in [1.82, 2.24) is 10.2 Å². The highest BCUT2D eigenvalue weighted by atomic mass is 15.3. The van der Waals surface area contributed by atoms with E-state index in [0.29, 0.717) is 5.54 Å². The molecule has 2 nitrogen and oxygen atoms in total. The zero-order valence-corrected chi connectivity index (χ0v) is 10.8. The van der Waals surface area contributed by atoms with E-state index >= 15 is 0 Å². The van der Waals surface area contributed by atoms with Gasteiger partial charge in [-0.25, -0.2) is 0 Å². The van der Waals surface area contributed by atoms with Crippen LogP contribution >= 0.6 is 0 Å². The Hall–Kier alpha value is -0.0800. The highest BCUT2D eigenvalue weighted by molar-refractivity contribution is 5.03. The summed E-state index contributed by atoms with van der Waals surface area (Å²) in [4.78, 5) is 2.82. The van der Waals surface area contributed by atoms with Crippen molar-refractivity contribution in [2.75, 3.05) is 13.1 Å². The molecule has 92 valence electrons. The highest BCUT2D eigenvalue weighted by Gasteiger charge is 2.43. The van der Waals surface area contributed by atoms with Gasteiger partial charge in [0.1, 0.15) is 0 Å². The van der Waals surface area contributed by atoms with Crippen molar-refractivity contribution < 1.29 is 0 Å². The van der Waals surface area contributed by atoms with Crippen LogP contribution in [0.2, 0.25) is 0 Å². The molecule has 0 bridgehead atoms. The Balaban J connectivity index is 1.67. The van der Waals surface area contributed by atoms with Crippen LogP contribution in [0.15, 0.2) is 0 Å². The zero-order chi connectivity index (χ0) is 11.2. The third-order valence-corrected chi connectivity index (χ3v) is 5.20. The van der Waals surface area contributed by atoms with Crippen LogP contribution < -0.4 is 5.32 Å². The summed E-state index contributed by atoms with van der Waals surface area (Å²) in [6.07, 6.45) is 8.60. The third kappa shape index (κ3) is 1.80. The Morgan fingerprint density at radius 1 is 1.12 bits per heavy atom. The minimum Gasteiger partial charge on any atom is -0.308 e. The zero-order valence-electron chi connectivity index (χ0n) is 10.8. The lowest BCUT2D eigenvalue weighted by atomic mass is 9.78. The summed E-state index contributed by atoms with van der Waals surface area (Å²) < 4.78 is 0. The first-order chi connectivity index (χ1) is 7.69. The Morgan fingerprint density at radius 3 is 2.44 bits per heavy atom. The molecular weight excluding hydrogens is 196 g/mol. The fourth-order valence-electron chi connectivity index (χ4n) is 4.05. The number of hydrogen-bond donors (Lipinski definition) is 1. The molecular formula is C14H26N2. The quantitative estimate of drug-likeness (QED) is 0.733. The van der Waals surface area contributed by atoms with Gasteiger partial charge in [0.2, 0.25) is 0 Å². The first kappa shape index (κ1) is 11.0. The van der Waals surface area contributed by atoms with Crippen LogP contribution in [0.25, 0.3) is 0 Å². The van der Waals surface area contributed by atoms with Gasteiger partial charge in [-0.2, -0.15) is 0 Å². The minimum absolute atomic E-state index is 0.505. The molecule has 2 aliphatic carbocycles. The Morgan fingerprint density at radius 2 is 1.81 bits per heavy atom. The summed E-state index contributed by atoms with van der Waals surface area (Å²) >= 11 is 0. The molecule has 1 spiro atoms. The molecule has 0 aromatic rings. The predicted molar refractivity (Wildman–Crippen MR) is 67.6 cm³/mol. The smallest absolute Gasteiger partial charge is 0.0309 e. The van der Waals surface area contributed by atoms with Gasteiger partial charge < -0.3 is 5.32 Å². The lowest BCUT2D eigenvalue weighted by Crippen LogP contribution is -2.65. The van der Waals surface area contributed by atoms with Gasteiger partial charge in [0, 0.05) is 30.7 Å². The monoisotopic (exact) mass is 222 g/mol. The van der Waals surface area contributed by atoms with Crippen LogP contribution in [0.1, 0.15) is 52.4 Å². The topological polar surface area (TPSA) is 15.3 Å². The molecule has 1 atom stereocenters. The molecule has 3 rings (SSSR count). The maximum absolute atomic E-state index is 3.85. The molecule has 0 aromatic carbocycles. The van der Waals surface area contributed by atoms with Gasteiger partial charge in [-0.3, -0.25) is 4.90 Å². The van der Waals surface area contributed by atoms with Crippen LogP contribution in [0, 0.1) is 5.92 Å². The summed E-state index contributed by atoms with van der Waals surface area (Å²) in [6, 6.07) is 1.66. The summed E-state index contributed by atoms with van der Waals surface area (Å²) in [5.74, 6) is 0.978. The molecule has 0 amide bonds. The Labute approximate surface area is 99.8 Å². The van der Waals surface area contributed by atoms with Crippen LogP contribution in [0.5, 0.6) is 0 Å². The minimum atomic E-state index is 0.505. The van der Waals surface area contributed by atoms with Crippen molar-refractivity contribution in [3.63, 3.8) is 0 Å². The lowest BCUT2D eigenvalue weighted by molar-refractivity contribution is -0.000112. The summed E-state index contributed by atoms with van der Waals surface area (Å²) in [5.41, 5.74) is 0.505. The molecule has 2 heteroatoms. The van der Waals surface area contributed by atoms with E-state index in [0.717, 1.165) is 18.0 Å². The lowest BCUT2D eigenvalue weighted by Gasteiger charge is -2.52. The van der Waals surface area contributed by atoms with Gasteiger partial charge in [-0.1, -0.05) is 19.8 Å². The van der Waals surface area contributed by atoms with Crippen molar-refractivity contribution in [1.29, 1.82) is 0 Å². The maximum atomic E-state index is 3.85. The summed E-state index contributed by atoms with van der Waals surface area (Å²) in [6.45, 7) is 7.34. The SMILES string of the molecule is CC1CC(N2CC3(CCCC3)NCC2C)C1.